The van der Waals surface area contributed by atoms with Gasteiger partial charge in [0.2, 0.25) is 0 Å². The van der Waals surface area contributed by atoms with E-state index in [9.17, 15) is 4.79 Å². The molecular weight excluding hydrogens is 252 g/mol. The van der Waals surface area contributed by atoms with Crippen LogP contribution in [-0.4, -0.2) is 36.1 Å². The molecule has 0 radical (unpaired) electrons. The molecule has 5 nitrogen and oxygen atoms in total. The molecule has 0 spiro atoms. The molecule has 2 saturated heterocycles. The molecule has 104 valence electrons. The second kappa shape index (κ2) is 4.50. The van der Waals surface area contributed by atoms with E-state index in [1.807, 2.05) is 24.8 Å². The van der Waals surface area contributed by atoms with Crippen molar-refractivity contribution >= 4 is 11.7 Å². The highest BCUT2D eigenvalue weighted by Crippen LogP contribution is 2.33. The molecule has 2 atom stereocenters. The molecule has 0 aliphatic carbocycles. The maximum Gasteiger partial charge on any atom is 0.324 e. The Morgan fingerprint density at radius 2 is 2.10 bits per heavy atom. The van der Waals surface area contributed by atoms with Crippen LogP contribution in [0.4, 0.5) is 10.5 Å². The fraction of sp³-hybridized carbons (Fsp3) is 0.467. The summed E-state index contributed by atoms with van der Waals surface area (Å²) in [5.74, 6) is 0. The van der Waals surface area contributed by atoms with Gasteiger partial charge < -0.3 is 10.6 Å². The van der Waals surface area contributed by atoms with Crippen molar-refractivity contribution in [1.29, 1.82) is 5.26 Å². The van der Waals surface area contributed by atoms with E-state index in [1.54, 1.807) is 11.0 Å². The van der Waals surface area contributed by atoms with Crippen molar-refractivity contribution in [2.75, 3.05) is 18.0 Å². The van der Waals surface area contributed by atoms with E-state index in [0.717, 1.165) is 29.8 Å². The van der Waals surface area contributed by atoms with E-state index in [-0.39, 0.29) is 18.1 Å². The Kier molecular flexibility index (Phi) is 2.91. The van der Waals surface area contributed by atoms with Crippen molar-refractivity contribution in [3.8, 4) is 6.07 Å². The molecule has 1 aromatic carbocycles. The van der Waals surface area contributed by atoms with Crippen molar-refractivity contribution in [3.63, 3.8) is 0 Å². The number of nitrogens with zero attached hydrogens (tertiary/aromatic N) is 3. The number of amides is 2. The van der Waals surface area contributed by atoms with Crippen LogP contribution >= 0.6 is 0 Å². The number of hydrogen-bond acceptors (Lipinski definition) is 3. The molecule has 3 rings (SSSR count). The lowest BCUT2D eigenvalue weighted by molar-refractivity contribution is 0.218. The lowest BCUT2D eigenvalue weighted by atomic mass is 10.0. The first-order chi connectivity index (χ1) is 9.54. The SMILES string of the molecule is Cc1c(C#N)ccc(N2C[C@@H]3[C@H](N)CCN3C2=O)c1C. The second-order valence-electron chi connectivity index (χ2n) is 5.60. The van der Waals surface area contributed by atoms with Crippen LogP contribution in [0, 0.1) is 25.2 Å². The monoisotopic (exact) mass is 270 g/mol. The molecule has 2 aliphatic rings. The zero-order valence-electron chi connectivity index (χ0n) is 11.8. The largest absolute Gasteiger partial charge is 0.326 e. The van der Waals surface area contributed by atoms with Gasteiger partial charge in [0.05, 0.1) is 17.7 Å². The van der Waals surface area contributed by atoms with Crippen molar-refractivity contribution < 1.29 is 4.79 Å². The molecule has 2 fully saturated rings. The molecule has 0 bridgehead atoms. The van der Waals surface area contributed by atoms with Crippen molar-refractivity contribution in [1.82, 2.24) is 4.90 Å². The minimum Gasteiger partial charge on any atom is -0.326 e. The van der Waals surface area contributed by atoms with E-state index in [1.165, 1.54) is 0 Å². The molecule has 0 aromatic heterocycles. The maximum absolute atomic E-state index is 12.5. The fourth-order valence-corrected chi connectivity index (χ4v) is 3.19. The predicted octanol–water partition coefficient (Wildman–Crippen LogP) is 1.52. The number of fused-ring (bicyclic) bond motifs is 1. The fourth-order valence-electron chi connectivity index (χ4n) is 3.19. The van der Waals surface area contributed by atoms with Crippen molar-refractivity contribution in [2.24, 2.45) is 5.73 Å². The molecular formula is C15H18N4O. The zero-order valence-corrected chi connectivity index (χ0v) is 11.8. The maximum atomic E-state index is 12.5. The van der Waals surface area contributed by atoms with Gasteiger partial charge in [-0.1, -0.05) is 0 Å². The Bertz CT molecular complexity index is 619. The van der Waals surface area contributed by atoms with E-state index in [2.05, 4.69) is 6.07 Å². The Morgan fingerprint density at radius 3 is 2.75 bits per heavy atom. The highest BCUT2D eigenvalue weighted by molar-refractivity contribution is 5.96. The number of anilines is 1. The van der Waals surface area contributed by atoms with Gasteiger partial charge in [-0.25, -0.2) is 4.79 Å². The summed E-state index contributed by atoms with van der Waals surface area (Å²) in [6.07, 6.45) is 0.885. The topological polar surface area (TPSA) is 73.4 Å². The third-order valence-electron chi connectivity index (χ3n) is 4.61. The summed E-state index contributed by atoms with van der Waals surface area (Å²) < 4.78 is 0. The lowest BCUT2D eigenvalue weighted by Crippen LogP contribution is -2.37. The number of carbonyl (C=O) groups excluding carboxylic acids is 1. The molecule has 1 aromatic rings. The molecule has 20 heavy (non-hydrogen) atoms. The molecule has 2 aliphatic heterocycles. The van der Waals surface area contributed by atoms with Gasteiger partial charge in [0.25, 0.3) is 0 Å². The first-order valence-electron chi connectivity index (χ1n) is 6.88. The average molecular weight is 270 g/mol. The van der Waals surface area contributed by atoms with Crippen LogP contribution in [0.15, 0.2) is 12.1 Å². The highest BCUT2D eigenvalue weighted by atomic mass is 16.2. The summed E-state index contributed by atoms with van der Waals surface area (Å²) in [6, 6.07) is 6.06. The van der Waals surface area contributed by atoms with E-state index >= 15 is 0 Å². The van der Waals surface area contributed by atoms with E-state index in [4.69, 9.17) is 11.0 Å². The second-order valence-corrected chi connectivity index (χ2v) is 5.60. The van der Waals surface area contributed by atoms with Gasteiger partial charge >= 0.3 is 6.03 Å². The first-order valence-corrected chi connectivity index (χ1v) is 6.88. The molecule has 2 amide bonds. The summed E-state index contributed by atoms with van der Waals surface area (Å²) in [4.78, 5) is 16.2. The van der Waals surface area contributed by atoms with E-state index in [0.29, 0.717) is 12.1 Å². The summed E-state index contributed by atoms with van der Waals surface area (Å²) in [5, 5.41) is 9.06. The van der Waals surface area contributed by atoms with Gasteiger partial charge in [0.15, 0.2) is 0 Å². The number of rotatable bonds is 1. The van der Waals surface area contributed by atoms with Crippen LogP contribution in [0.3, 0.4) is 0 Å². The summed E-state index contributed by atoms with van der Waals surface area (Å²) in [7, 11) is 0. The number of urea groups is 1. The van der Waals surface area contributed by atoms with Crippen LogP contribution < -0.4 is 10.6 Å². The Morgan fingerprint density at radius 1 is 1.35 bits per heavy atom. The van der Waals surface area contributed by atoms with Crippen LogP contribution in [0.2, 0.25) is 0 Å². The Labute approximate surface area is 118 Å². The molecule has 2 heterocycles. The van der Waals surface area contributed by atoms with Crippen LogP contribution in [0.25, 0.3) is 0 Å². The van der Waals surface area contributed by atoms with Gasteiger partial charge in [-0.3, -0.25) is 4.90 Å². The normalized spacial score (nSPS) is 25.0. The molecule has 0 saturated carbocycles. The van der Waals surface area contributed by atoms with Crippen LogP contribution in [0.5, 0.6) is 0 Å². The number of nitrogens with two attached hydrogens (primary N) is 1. The summed E-state index contributed by atoms with van der Waals surface area (Å²) >= 11 is 0. The summed E-state index contributed by atoms with van der Waals surface area (Å²) in [5.41, 5.74) is 9.56. The number of carbonyl (C=O) groups is 1. The predicted molar refractivity (Wildman–Crippen MR) is 76.5 cm³/mol. The van der Waals surface area contributed by atoms with E-state index < -0.39 is 0 Å². The van der Waals surface area contributed by atoms with Crippen LogP contribution in [-0.2, 0) is 0 Å². The van der Waals surface area contributed by atoms with Gasteiger partial charge in [-0.2, -0.15) is 5.26 Å². The first kappa shape index (κ1) is 12.9. The highest BCUT2D eigenvalue weighted by Gasteiger charge is 2.45. The van der Waals surface area contributed by atoms with Crippen LogP contribution in [0.1, 0.15) is 23.1 Å². The van der Waals surface area contributed by atoms with Gasteiger partial charge in [0.1, 0.15) is 0 Å². The Hall–Kier alpha value is -2.06. The molecule has 5 heteroatoms. The third-order valence-corrected chi connectivity index (χ3v) is 4.61. The van der Waals surface area contributed by atoms with Gasteiger partial charge in [0, 0.05) is 24.8 Å². The minimum atomic E-state index is 0.0372. The Balaban J connectivity index is 1.98. The standard InChI is InChI=1S/C15H18N4O/c1-9-10(2)13(4-3-11(9)7-16)19-8-14-12(17)5-6-18(14)15(19)20/h3-4,12,14H,5-6,8,17H2,1-2H3/t12-,14-/m1/s1. The number of benzene rings is 1. The molecule has 2 N–H and O–H groups in total. The third kappa shape index (κ3) is 1.69. The van der Waals surface area contributed by atoms with Gasteiger partial charge in [-0.15, -0.1) is 0 Å². The average Bonchev–Trinajstić information content (AvgIpc) is 2.95. The van der Waals surface area contributed by atoms with Gasteiger partial charge in [-0.05, 0) is 43.5 Å². The quantitative estimate of drug-likeness (QED) is 0.840. The number of nitriles is 1. The van der Waals surface area contributed by atoms with Crippen molar-refractivity contribution in [3.05, 3.63) is 28.8 Å². The smallest absolute Gasteiger partial charge is 0.324 e. The number of hydrogen-bond donors (Lipinski definition) is 1. The summed E-state index contributed by atoms with van der Waals surface area (Å²) in [6.45, 7) is 5.27. The molecule has 0 unspecified atom stereocenters. The van der Waals surface area contributed by atoms with Crippen molar-refractivity contribution in [2.45, 2.75) is 32.4 Å². The minimum absolute atomic E-state index is 0.0372. The lowest BCUT2D eigenvalue weighted by Gasteiger charge is -2.21. The zero-order chi connectivity index (χ0) is 14.4.